The third-order valence-corrected chi connectivity index (χ3v) is 5.23. The van der Waals surface area contributed by atoms with Crippen LogP contribution in [0.15, 0.2) is 41.0 Å². The lowest BCUT2D eigenvalue weighted by Gasteiger charge is -2.29. The Balaban J connectivity index is 2.14. The molecule has 2 aromatic rings. The van der Waals surface area contributed by atoms with Gasteiger partial charge in [0.15, 0.2) is 5.69 Å². The lowest BCUT2D eigenvalue weighted by Crippen LogP contribution is -2.39. The molecule has 1 aromatic carbocycles. The van der Waals surface area contributed by atoms with Gasteiger partial charge in [0.1, 0.15) is 11.6 Å². The molecule has 0 fully saturated rings. The van der Waals surface area contributed by atoms with Gasteiger partial charge < -0.3 is 14.6 Å². The molecule has 0 radical (unpaired) electrons. The van der Waals surface area contributed by atoms with Crippen LogP contribution in [0.5, 0.6) is 0 Å². The summed E-state index contributed by atoms with van der Waals surface area (Å²) in [6.07, 6.45) is 2.90. The molecule has 0 aliphatic rings. The molecule has 1 aromatic heterocycles. The Bertz CT molecular complexity index is 778. The predicted molar refractivity (Wildman–Crippen MR) is 109 cm³/mol. The number of carbonyl (C=O) groups is 2. The molecule has 2 amide bonds. The van der Waals surface area contributed by atoms with Crippen molar-refractivity contribution in [1.82, 2.24) is 15.2 Å². The molecule has 1 heterocycles. The highest BCUT2D eigenvalue weighted by atomic mass is 35.5. The van der Waals surface area contributed by atoms with E-state index in [1.807, 2.05) is 58.0 Å². The molecule has 0 unspecified atom stereocenters. The highest BCUT2D eigenvalue weighted by Gasteiger charge is 2.28. The first kappa shape index (κ1) is 22.0. The zero-order valence-corrected chi connectivity index (χ0v) is 17.6. The van der Waals surface area contributed by atoms with Gasteiger partial charge in [-0.2, -0.15) is 0 Å². The molecule has 1 N–H and O–H groups in total. The van der Waals surface area contributed by atoms with Gasteiger partial charge in [-0.3, -0.25) is 9.59 Å². The summed E-state index contributed by atoms with van der Waals surface area (Å²) >= 11 is 6.44. The number of oxazole rings is 1. The number of nitrogens with one attached hydrogen (secondary N) is 1. The molecule has 6 nitrogen and oxygen atoms in total. The van der Waals surface area contributed by atoms with Crippen molar-refractivity contribution in [3.63, 3.8) is 0 Å². The summed E-state index contributed by atoms with van der Waals surface area (Å²) in [5, 5.41) is 2.05. The molecule has 2 rings (SSSR count). The molecule has 0 saturated carbocycles. The monoisotopic (exact) mass is 405 g/mol. The standard InChI is InChI=1S/C21H28ClN3O3/c1-5-14(3)23-20(26)17-13-28-18(24-17)12-25(15(4)6-2)21(27)19(22)16-10-8-7-9-11-16/h7-11,13-15,19H,5-6,12H2,1-4H3,(H,23,26)/t14-,15-,19-/m1/s1. The fourth-order valence-corrected chi connectivity index (χ4v) is 2.89. The number of aromatic nitrogens is 1. The maximum absolute atomic E-state index is 13.0. The number of hydrogen-bond acceptors (Lipinski definition) is 4. The van der Waals surface area contributed by atoms with Crippen molar-refractivity contribution < 1.29 is 14.0 Å². The molecule has 0 aliphatic carbocycles. The highest BCUT2D eigenvalue weighted by molar-refractivity contribution is 6.30. The van der Waals surface area contributed by atoms with E-state index in [1.54, 1.807) is 4.90 Å². The van der Waals surface area contributed by atoms with Gasteiger partial charge >= 0.3 is 0 Å². The van der Waals surface area contributed by atoms with Crippen LogP contribution in [0.3, 0.4) is 0 Å². The Labute approximate surface area is 171 Å². The van der Waals surface area contributed by atoms with Crippen LogP contribution in [0.1, 0.15) is 67.9 Å². The molecule has 3 atom stereocenters. The van der Waals surface area contributed by atoms with Gasteiger partial charge in [0.2, 0.25) is 11.8 Å². The maximum Gasteiger partial charge on any atom is 0.273 e. The first-order chi connectivity index (χ1) is 13.4. The molecule has 0 saturated heterocycles. The van der Waals surface area contributed by atoms with Crippen molar-refractivity contribution in [3.8, 4) is 0 Å². The number of carbonyl (C=O) groups excluding carboxylic acids is 2. The summed E-state index contributed by atoms with van der Waals surface area (Å²) in [6.45, 7) is 8.01. The van der Waals surface area contributed by atoms with Gasteiger partial charge in [0.25, 0.3) is 5.91 Å². The van der Waals surface area contributed by atoms with E-state index in [-0.39, 0.29) is 36.1 Å². The lowest BCUT2D eigenvalue weighted by molar-refractivity contribution is -0.134. The van der Waals surface area contributed by atoms with Crippen LogP contribution >= 0.6 is 11.6 Å². The van der Waals surface area contributed by atoms with Gasteiger partial charge in [0.05, 0.1) is 6.54 Å². The first-order valence-corrected chi connectivity index (χ1v) is 10.1. The number of rotatable bonds is 9. The topological polar surface area (TPSA) is 75.4 Å². The van der Waals surface area contributed by atoms with Crippen molar-refractivity contribution in [2.45, 2.75) is 64.5 Å². The van der Waals surface area contributed by atoms with Crippen molar-refractivity contribution in [2.75, 3.05) is 0 Å². The minimum absolute atomic E-state index is 0.0497. The lowest BCUT2D eigenvalue weighted by atomic mass is 10.1. The van der Waals surface area contributed by atoms with E-state index in [0.717, 1.165) is 18.4 Å². The highest BCUT2D eigenvalue weighted by Crippen LogP contribution is 2.25. The first-order valence-electron chi connectivity index (χ1n) is 9.62. The zero-order chi connectivity index (χ0) is 20.7. The molecular formula is C21H28ClN3O3. The minimum atomic E-state index is -0.793. The average Bonchev–Trinajstić information content (AvgIpc) is 3.19. The van der Waals surface area contributed by atoms with Crippen LogP contribution in [0.2, 0.25) is 0 Å². The summed E-state index contributed by atoms with van der Waals surface area (Å²) < 4.78 is 5.45. The van der Waals surface area contributed by atoms with E-state index in [2.05, 4.69) is 10.3 Å². The minimum Gasteiger partial charge on any atom is -0.446 e. The van der Waals surface area contributed by atoms with Gasteiger partial charge in [-0.15, -0.1) is 11.6 Å². The Kier molecular flexibility index (Phi) is 8.05. The number of alkyl halides is 1. The predicted octanol–water partition coefficient (Wildman–Crippen LogP) is 4.31. The van der Waals surface area contributed by atoms with Gasteiger partial charge in [0, 0.05) is 12.1 Å². The van der Waals surface area contributed by atoms with Crippen molar-refractivity contribution in [1.29, 1.82) is 0 Å². The Morgan fingerprint density at radius 2 is 1.86 bits per heavy atom. The second-order valence-corrected chi connectivity index (χ2v) is 7.34. The van der Waals surface area contributed by atoms with E-state index in [9.17, 15) is 9.59 Å². The summed E-state index contributed by atoms with van der Waals surface area (Å²) in [5.41, 5.74) is 0.945. The van der Waals surface area contributed by atoms with E-state index >= 15 is 0 Å². The summed E-state index contributed by atoms with van der Waals surface area (Å²) in [5.74, 6) is -0.198. The summed E-state index contributed by atoms with van der Waals surface area (Å²) in [7, 11) is 0. The number of nitrogens with zero attached hydrogens (tertiary/aromatic N) is 2. The number of amides is 2. The molecule has 7 heteroatoms. The van der Waals surface area contributed by atoms with Crippen LogP contribution in [0.25, 0.3) is 0 Å². The fourth-order valence-electron chi connectivity index (χ4n) is 2.61. The second kappa shape index (κ2) is 10.3. The maximum atomic E-state index is 13.0. The molecule has 0 aliphatic heterocycles. The smallest absolute Gasteiger partial charge is 0.273 e. The van der Waals surface area contributed by atoms with Crippen molar-refractivity contribution in [2.24, 2.45) is 0 Å². The number of halogens is 1. The van der Waals surface area contributed by atoms with Crippen LogP contribution in [0, 0.1) is 0 Å². The average molecular weight is 406 g/mol. The van der Waals surface area contributed by atoms with Gasteiger partial charge in [-0.1, -0.05) is 44.2 Å². The summed E-state index contributed by atoms with van der Waals surface area (Å²) in [4.78, 5) is 31.1. The van der Waals surface area contributed by atoms with Crippen LogP contribution in [-0.4, -0.2) is 33.8 Å². The van der Waals surface area contributed by atoms with E-state index in [4.69, 9.17) is 16.0 Å². The van der Waals surface area contributed by atoms with Crippen molar-refractivity contribution >= 4 is 23.4 Å². The van der Waals surface area contributed by atoms with Crippen molar-refractivity contribution in [3.05, 3.63) is 53.7 Å². The molecule has 0 spiro atoms. The fraction of sp³-hybridized carbons (Fsp3) is 0.476. The summed E-state index contributed by atoms with van der Waals surface area (Å²) in [6, 6.07) is 9.22. The molecular weight excluding hydrogens is 378 g/mol. The Morgan fingerprint density at radius 3 is 2.46 bits per heavy atom. The number of hydrogen-bond donors (Lipinski definition) is 1. The van der Waals surface area contributed by atoms with Crippen LogP contribution in [-0.2, 0) is 11.3 Å². The third kappa shape index (κ3) is 5.58. The number of benzene rings is 1. The molecule has 152 valence electrons. The molecule has 0 bridgehead atoms. The van der Waals surface area contributed by atoms with E-state index in [1.165, 1.54) is 6.26 Å². The SMILES string of the molecule is CC[C@@H](C)NC(=O)c1coc(CN(C(=O)[C@H](Cl)c2ccccc2)[C@H](C)CC)n1. The normalized spacial score (nSPS) is 14.2. The van der Waals surface area contributed by atoms with Gasteiger partial charge in [-0.05, 0) is 32.3 Å². The Morgan fingerprint density at radius 1 is 1.18 bits per heavy atom. The Hall–Kier alpha value is -2.34. The van der Waals surface area contributed by atoms with Crippen LogP contribution in [0.4, 0.5) is 0 Å². The zero-order valence-electron chi connectivity index (χ0n) is 16.8. The largest absolute Gasteiger partial charge is 0.446 e. The van der Waals surface area contributed by atoms with E-state index in [0.29, 0.717) is 5.89 Å². The van der Waals surface area contributed by atoms with Gasteiger partial charge in [-0.25, -0.2) is 4.98 Å². The van der Waals surface area contributed by atoms with E-state index < -0.39 is 5.38 Å². The van der Waals surface area contributed by atoms with Crippen LogP contribution < -0.4 is 5.32 Å². The third-order valence-electron chi connectivity index (χ3n) is 4.79. The second-order valence-electron chi connectivity index (χ2n) is 6.91. The molecule has 28 heavy (non-hydrogen) atoms. The quantitative estimate of drug-likeness (QED) is 0.630.